The van der Waals surface area contributed by atoms with Crippen molar-refractivity contribution in [3.63, 3.8) is 0 Å². The van der Waals surface area contributed by atoms with Crippen LogP contribution in [-0.2, 0) is 14.3 Å². The first-order chi connectivity index (χ1) is 13.8. The SMILES string of the molecule is CCCCOC(=O)C1C(C)=NC2=C(C(=O)CC(C)(C)C2)[C@@H]1c1ccc(OC)cc1. The smallest absolute Gasteiger partial charge is 0.315 e. The van der Waals surface area contributed by atoms with Crippen LogP contribution in [0, 0.1) is 11.3 Å². The number of ketones is 1. The van der Waals surface area contributed by atoms with Crippen LogP contribution in [0.5, 0.6) is 5.75 Å². The molecule has 0 N–H and O–H groups in total. The quantitative estimate of drug-likeness (QED) is 0.508. The number of nitrogens with zero attached hydrogens (tertiary/aromatic N) is 1. The van der Waals surface area contributed by atoms with Crippen LogP contribution in [0.25, 0.3) is 0 Å². The lowest BCUT2D eigenvalue weighted by Gasteiger charge is -2.39. The molecular weight excluding hydrogens is 366 g/mol. The summed E-state index contributed by atoms with van der Waals surface area (Å²) in [5, 5.41) is 0. The van der Waals surface area contributed by atoms with E-state index in [9.17, 15) is 9.59 Å². The van der Waals surface area contributed by atoms with Crippen LogP contribution in [0.1, 0.15) is 64.9 Å². The second-order valence-electron chi connectivity index (χ2n) is 8.80. The highest BCUT2D eigenvalue weighted by Crippen LogP contribution is 2.48. The maximum Gasteiger partial charge on any atom is 0.315 e. The highest BCUT2D eigenvalue weighted by atomic mass is 16.5. The van der Waals surface area contributed by atoms with Gasteiger partial charge in [0.2, 0.25) is 0 Å². The maximum absolute atomic E-state index is 13.2. The van der Waals surface area contributed by atoms with Gasteiger partial charge in [0.15, 0.2) is 5.78 Å². The van der Waals surface area contributed by atoms with Crippen molar-refractivity contribution in [1.82, 2.24) is 0 Å². The molecule has 2 aliphatic rings. The predicted molar refractivity (Wildman–Crippen MR) is 113 cm³/mol. The van der Waals surface area contributed by atoms with Gasteiger partial charge in [0.05, 0.1) is 13.7 Å². The fraction of sp³-hybridized carbons (Fsp3) is 0.542. The molecule has 1 unspecified atom stereocenters. The first-order valence-corrected chi connectivity index (χ1v) is 10.4. The van der Waals surface area contributed by atoms with E-state index in [0.29, 0.717) is 18.6 Å². The zero-order valence-electron chi connectivity index (χ0n) is 18.1. The van der Waals surface area contributed by atoms with Crippen molar-refractivity contribution in [1.29, 1.82) is 0 Å². The van der Waals surface area contributed by atoms with Crippen molar-refractivity contribution in [2.24, 2.45) is 16.3 Å². The maximum atomic E-state index is 13.2. The molecule has 1 aromatic carbocycles. The highest BCUT2D eigenvalue weighted by Gasteiger charge is 2.45. The van der Waals surface area contributed by atoms with Crippen molar-refractivity contribution in [2.45, 2.75) is 59.3 Å². The summed E-state index contributed by atoms with van der Waals surface area (Å²) in [6.07, 6.45) is 2.97. The summed E-state index contributed by atoms with van der Waals surface area (Å²) in [6, 6.07) is 7.61. The molecule has 0 aromatic heterocycles. The van der Waals surface area contributed by atoms with E-state index in [1.807, 2.05) is 31.2 Å². The van der Waals surface area contributed by atoms with Crippen LogP contribution in [0.15, 0.2) is 40.5 Å². The van der Waals surface area contributed by atoms with Gasteiger partial charge in [0.25, 0.3) is 0 Å². The Kier molecular flexibility index (Phi) is 6.25. The number of methoxy groups -OCH3 is 1. The number of rotatable bonds is 6. The normalized spacial score (nSPS) is 23.3. The minimum atomic E-state index is -0.579. The van der Waals surface area contributed by atoms with Crippen LogP contribution in [0.2, 0.25) is 0 Å². The van der Waals surface area contributed by atoms with E-state index >= 15 is 0 Å². The summed E-state index contributed by atoms with van der Waals surface area (Å²) in [5.41, 5.74) is 3.01. The van der Waals surface area contributed by atoms with Crippen molar-refractivity contribution in [2.75, 3.05) is 13.7 Å². The molecule has 0 radical (unpaired) electrons. The van der Waals surface area contributed by atoms with Crippen LogP contribution in [0.3, 0.4) is 0 Å². The van der Waals surface area contributed by atoms with Gasteiger partial charge in [-0.3, -0.25) is 14.6 Å². The molecule has 1 aliphatic heterocycles. The molecule has 1 aliphatic carbocycles. The number of carbonyl (C=O) groups excluding carboxylic acids is 2. The molecule has 5 nitrogen and oxygen atoms in total. The standard InChI is InChI=1S/C24H31NO4/c1-6-7-12-29-23(27)20-15(2)25-18-13-24(3,4)14-19(26)22(18)21(20)16-8-10-17(28-5)11-9-16/h8-11,20-21H,6-7,12-14H2,1-5H3/t20?,21-/m1/s1. The highest BCUT2D eigenvalue weighted by molar-refractivity contribution is 6.09. The summed E-state index contributed by atoms with van der Waals surface area (Å²) in [7, 11) is 1.62. The molecule has 3 rings (SSSR count). The number of carbonyl (C=O) groups is 2. The Labute approximate surface area is 173 Å². The topological polar surface area (TPSA) is 65.0 Å². The monoisotopic (exact) mass is 397 g/mol. The van der Waals surface area contributed by atoms with Gasteiger partial charge in [-0.15, -0.1) is 0 Å². The average molecular weight is 398 g/mol. The molecule has 156 valence electrons. The van der Waals surface area contributed by atoms with E-state index in [4.69, 9.17) is 14.5 Å². The molecule has 0 fully saturated rings. The fourth-order valence-corrected chi connectivity index (χ4v) is 4.33. The molecule has 0 saturated heterocycles. The minimum Gasteiger partial charge on any atom is -0.497 e. The zero-order valence-corrected chi connectivity index (χ0v) is 18.1. The number of ether oxygens (including phenoxy) is 2. The Morgan fingerprint density at radius 3 is 2.52 bits per heavy atom. The van der Waals surface area contributed by atoms with E-state index in [2.05, 4.69) is 20.8 Å². The van der Waals surface area contributed by atoms with Gasteiger partial charge in [0, 0.05) is 29.3 Å². The number of aliphatic imine (C=N–C) groups is 1. The lowest BCUT2D eigenvalue weighted by Crippen LogP contribution is -2.39. The van der Waals surface area contributed by atoms with Crippen LogP contribution < -0.4 is 4.74 Å². The van der Waals surface area contributed by atoms with Gasteiger partial charge in [-0.1, -0.05) is 39.3 Å². The molecule has 1 heterocycles. The summed E-state index contributed by atoms with van der Waals surface area (Å²) in [4.78, 5) is 31.0. The number of Topliss-reactive ketones (excluding diaryl/α,β-unsaturated/α-hetero) is 1. The third kappa shape index (κ3) is 4.44. The van der Waals surface area contributed by atoms with Gasteiger partial charge in [0.1, 0.15) is 11.7 Å². The van der Waals surface area contributed by atoms with Gasteiger partial charge in [-0.25, -0.2) is 0 Å². The number of benzene rings is 1. The van der Waals surface area contributed by atoms with E-state index in [-0.39, 0.29) is 23.1 Å². The summed E-state index contributed by atoms with van der Waals surface area (Å²) < 4.78 is 10.8. The van der Waals surface area contributed by atoms with E-state index in [1.54, 1.807) is 7.11 Å². The number of unbranched alkanes of at least 4 members (excludes halogenated alkanes) is 1. The van der Waals surface area contributed by atoms with Crippen LogP contribution >= 0.6 is 0 Å². The Morgan fingerprint density at radius 2 is 1.90 bits per heavy atom. The average Bonchev–Trinajstić information content (AvgIpc) is 2.66. The van der Waals surface area contributed by atoms with Gasteiger partial charge >= 0.3 is 5.97 Å². The predicted octanol–water partition coefficient (Wildman–Crippen LogP) is 4.86. The summed E-state index contributed by atoms with van der Waals surface area (Å²) in [5.74, 6) is -0.429. The first kappa shape index (κ1) is 21.3. The van der Waals surface area contributed by atoms with Crippen molar-refractivity contribution < 1.29 is 19.1 Å². The number of hydrogen-bond acceptors (Lipinski definition) is 5. The summed E-state index contributed by atoms with van der Waals surface area (Å²) >= 11 is 0. The Hall–Kier alpha value is -2.43. The Morgan fingerprint density at radius 1 is 1.21 bits per heavy atom. The largest absolute Gasteiger partial charge is 0.497 e. The first-order valence-electron chi connectivity index (χ1n) is 10.4. The van der Waals surface area contributed by atoms with E-state index in [0.717, 1.165) is 42.0 Å². The van der Waals surface area contributed by atoms with Crippen molar-refractivity contribution in [3.05, 3.63) is 41.1 Å². The molecule has 0 amide bonds. The molecule has 0 bridgehead atoms. The summed E-state index contributed by atoms with van der Waals surface area (Å²) in [6.45, 7) is 8.50. The van der Waals surface area contributed by atoms with Crippen LogP contribution in [0.4, 0.5) is 0 Å². The Balaban J connectivity index is 2.06. The molecule has 29 heavy (non-hydrogen) atoms. The number of allylic oxidation sites excluding steroid dienone is 2. The molecular formula is C24H31NO4. The Bertz CT molecular complexity index is 848. The second-order valence-corrected chi connectivity index (χ2v) is 8.80. The fourth-order valence-electron chi connectivity index (χ4n) is 4.33. The molecule has 5 heteroatoms. The van der Waals surface area contributed by atoms with Gasteiger partial charge in [-0.2, -0.15) is 0 Å². The third-order valence-electron chi connectivity index (χ3n) is 5.77. The molecule has 0 saturated carbocycles. The molecule has 2 atom stereocenters. The lowest BCUT2D eigenvalue weighted by molar-refractivity contribution is -0.146. The number of esters is 1. The van der Waals surface area contributed by atoms with Crippen molar-refractivity contribution >= 4 is 17.5 Å². The minimum absolute atomic E-state index is 0.0830. The van der Waals surface area contributed by atoms with Crippen LogP contribution in [-0.4, -0.2) is 31.2 Å². The van der Waals surface area contributed by atoms with E-state index in [1.165, 1.54) is 0 Å². The van der Waals surface area contributed by atoms with Gasteiger partial charge in [-0.05, 0) is 42.9 Å². The number of hydrogen-bond donors (Lipinski definition) is 0. The molecule has 0 spiro atoms. The lowest BCUT2D eigenvalue weighted by atomic mass is 9.67. The second kappa shape index (κ2) is 8.52. The van der Waals surface area contributed by atoms with Gasteiger partial charge < -0.3 is 9.47 Å². The molecule has 1 aromatic rings. The zero-order chi connectivity index (χ0) is 21.2. The third-order valence-corrected chi connectivity index (χ3v) is 5.77. The van der Waals surface area contributed by atoms with E-state index < -0.39 is 5.92 Å². The van der Waals surface area contributed by atoms with Crippen molar-refractivity contribution in [3.8, 4) is 5.75 Å².